The van der Waals surface area contributed by atoms with Crippen LogP contribution in [0.2, 0.25) is 0 Å². The molecule has 0 aromatic carbocycles. The molecule has 0 radical (unpaired) electrons. The highest BCUT2D eigenvalue weighted by Gasteiger charge is 2.21. The van der Waals surface area contributed by atoms with Gasteiger partial charge in [-0.1, -0.05) is 6.92 Å². The van der Waals surface area contributed by atoms with E-state index in [-0.39, 0.29) is 6.04 Å². The van der Waals surface area contributed by atoms with E-state index in [9.17, 15) is 0 Å². The molecule has 6 heteroatoms. The summed E-state index contributed by atoms with van der Waals surface area (Å²) in [6.45, 7) is 3.08. The molecular formula is C11H16BrN5. The molecule has 0 spiro atoms. The van der Waals surface area contributed by atoms with Gasteiger partial charge < -0.3 is 10.3 Å². The topological polar surface area (TPSA) is 58.5 Å². The second-order valence-corrected chi connectivity index (χ2v) is 4.72. The smallest absolute Gasteiger partial charge is 0.129 e. The molecule has 0 saturated heterocycles. The molecule has 0 fully saturated rings. The SMILES string of the molecule is CCCNC(c1ncc[nH]1)c1c(Br)cnn1C. The number of nitrogens with one attached hydrogen (secondary N) is 2. The van der Waals surface area contributed by atoms with Gasteiger partial charge in [-0.25, -0.2) is 4.98 Å². The highest BCUT2D eigenvalue weighted by atomic mass is 79.9. The van der Waals surface area contributed by atoms with E-state index in [1.54, 1.807) is 12.4 Å². The molecule has 1 unspecified atom stereocenters. The van der Waals surface area contributed by atoms with Gasteiger partial charge in [0.05, 0.1) is 16.4 Å². The predicted octanol–water partition coefficient (Wildman–Crippen LogP) is 1.99. The van der Waals surface area contributed by atoms with Gasteiger partial charge in [-0.3, -0.25) is 4.68 Å². The van der Waals surface area contributed by atoms with Crippen molar-refractivity contribution in [2.45, 2.75) is 19.4 Å². The van der Waals surface area contributed by atoms with Crippen molar-refractivity contribution in [1.82, 2.24) is 25.1 Å². The Balaban J connectivity index is 2.33. The first-order valence-electron chi connectivity index (χ1n) is 5.64. The molecule has 2 rings (SSSR count). The standard InChI is InChI=1S/C11H16BrN5/c1-3-4-13-9(11-14-5-6-15-11)10-8(12)7-16-17(10)2/h5-7,9,13H,3-4H2,1-2H3,(H,14,15). The molecule has 2 N–H and O–H groups in total. The monoisotopic (exact) mass is 297 g/mol. The largest absolute Gasteiger partial charge is 0.347 e. The van der Waals surface area contributed by atoms with E-state index in [0.717, 1.165) is 29.0 Å². The Hall–Kier alpha value is -1.14. The van der Waals surface area contributed by atoms with E-state index in [1.165, 1.54) is 0 Å². The van der Waals surface area contributed by atoms with Crippen LogP contribution in [0.3, 0.4) is 0 Å². The number of imidazole rings is 1. The Kier molecular flexibility index (Phi) is 3.96. The summed E-state index contributed by atoms with van der Waals surface area (Å²) in [5, 5.41) is 7.71. The number of aromatic nitrogens is 4. The van der Waals surface area contributed by atoms with Crippen LogP contribution in [0, 0.1) is 0 Å². The molecule has 1 atom stereocenters. The van der Waals surface area contributed by atoms with Crippen LogP contribution in [0.25, 0.3) is 0 Å². The Bertz CT molecular complexity index is 443. The zero-order valence-electron chi connectivity index (χ0n) is 9.94. The van der Waals surface area contributed by atoms with E-state index in [0.29, 0.717) is 0 Å². The summed E-state index contributed by atoms with van der Waals surface area (Å²) < 4.78 is 2.85. The van der Waals surface area contributed by atoms with E-state index in [4.69, 9.17) is 0 Å². The summed E-state index contributed by atoms with van der Waals surface area (Å²) in [6, 6.07) is 0.0341. The molecule has 0 bridgehead atoms. The lowest BCUT2D eigenvalue weighted by molar-refractivity contribution is 0.534. The third-order valence-electron chi connectivity index (χ3n) is 2.60. The summed E-state index contributed by atoms with van der Waals surface area (Å²) in [6.07, 6.45) is 6.48. The highest BCUT2D eigenvalue weighted by Crippen LogP contribution is 2.26. The normalized spacial score (nSPS) is 12.9. The zero-order valence-corrected chi connectivity index (χ0v) is 11.5. The van der Waals surface area contributed by atoms with Crippen LogP contribution in [0.4, 0.5) is 0 Å². The van der Waals surface area contributed by atoms with Gasteiger partial charge in [0, 0.05) is 19.4 Å². The number of nitrogens with zero attached hydrogens (tertiary/aromatic N) is 3. The van der Waals surface area contributed by atoms with Crippen LogP contribution in [-0.4, -0.2) is 26.3 Å². The molecule has 0 saturated carbocycles. The van der Waals surface area contributed by atoms with Gasteiger partial charge in [0.2, 0.25) is 0 Å². The lowest BCUT2D eigenvalue weighted by Gasteiger charge is -2.17. The molecule has 17 heavy (non-hydrogen) atoms. The fraction of sp³-hybridized carbons (Fsp3) is 0.455. The molecule has 5 nitrogen and oxygen atoms in total. The van der Waals surface area contributed by atoms with Crippen LogP contribution in [-0.2, 0) is 7.05 Å². The molecule has 0 aliphatic rings. The maximum absolute atomic E-state index is 4.33. The molecule has 2 aromatic rings. The lowest BCUT2D eigenvalue weighted by atomic mass is 10.2. The van der Waals surface area contributed by atoms with Crippen molar-refractivity contribution in [1.29, 1.82) is 0 Å². The van der Waals surface area contributed by atoms with Crippen LogP contribution >= 0.6 is 15.9 Å². The first kappa shape index (κ1) is 12.3. The molecule has 0 amide bonds. The van der Waals surface area contributed by atoms with Crippen LogP contribution < -0.4 is 5.32 Å². The summed E-state index contributed by atoms with van der Waals surface area (Å²) in [5.74, 6) is 0.905. The molecule has 0 aliphatic heterocycles. The van der Waals surface area contributed by atoms with E-state index >= 15 is 0 Å². The molecule has 0 aliphatic carbocycles. The predicted molar refractivity (Wildman–Crippen MR) is 69.6 cm³/mol. The fourth-order valence-electron chi connectivity index (χ4n) is 1.79. The van der Waals surface area contributed by atoms with Crippen LogP contribution in [0.5, 0.6) is 0 Å². The average molecular weight is 298 g/mol. The molecular weight excluding hydrogens is 282 g/mol. The number of halogens is 1. The Morgan fingerprint density at radius 1 is 1.59 bits per heavy atom. The maximum atomic E-state index is 4.33. The highest BCUT2D eigenvalue weighted by molar-refractivity contribution is 9.10. The zero-order chi connectivity index (χ0) is 12.3. The third kappa shape index (κ3) is 2.58. The van der Waals surface area contributed by atoms with Gasteiger partial charge in [0.1, 0.15) is 11.9 Å². The maximum Gasteiger partial charge on any atom is 0.129 e. The van der Waals surface area contributed by atoms with Crippen molar-refractivity contribution in [2.24, 2.45) is 7.05 Å². The van der Waals surface area contributed by atoms with E-state index in [1.807, 2.05) is 17.9 Å². The van der Waals surface area contributed by atoms with Crippen molar-refractivity contribution in [2.75, 3.05) is 6.54 Å². The molecule has 92 valence electrons. The second kappa shape index (κ2) is 5.46. The van der Waals surface area contributed by atoms with Crippen molar-refractivity contribution < 1.29 is 0 Å². The first-order valence-corrected chi connectivity index (χ1v) is 6.43. The Morgan fingerprint density at radius 3 is 2.94 bits per heavy atom. The second-order valence-electron chi connectivity index (χ2n) is 3.86. The van der Waals surface area contributed by atoms with Crippen LogP contribution in [0.15, 0.2) is 23.1 Å². The van der Waals surface area contributed by atoms with Crippen molar-refractivity contribution in [3.8, 4) is 0 Å². The van der Waals surface area contributed by atoms with Gasteiger partial charge in [0.15, 0.2) is 0 Å². The van der Waals surface area contributed by atoms with Gasteiger partial charge in [-0.05, 0) is 28.9 Å². The van der Waals surface area contributed by atoms with Gasteiger partial charge in [-0.15, -0.1) is 0 Å². The van der Waals surface area contributed by atoms with Gasteiger partial charge >= 0.3 is 0 Å². The van der Waals surface area contributed by atoms with Crippen molar-refractivity contribution in [3.63, 3.8) is 0 Å². The number of hydrogen-bond donors (Lipinski definition) is 2. The van der Waals surface area contributed by atoms with E-state index in [2.05, 4.69) is 43.2 Å². The van der Waals surface area contributed by atoms with Gasteiger partial charge in [-0.2, -0.15) is 5.10 Å². The minimum Gasteiger partial charge on any atom is -0.347 e. The number of hydrogen-bond acceptors (Lipinski definition) is 3. The molecule has 2 heterocycles. The minimum atomic E-state index is 0.0341. The Morgan fingerprint density at radius 2 is 2.41 bits per heavy atom. The summed E-state index contributed by atoms with van der Waals surface area (Å²) in [4.78, 5) is 7.48. The molecule has 2 aromatic heterocycles. The quantitative estimate of drug-likeness (QED) is 0.887. The summed E-state index contributed by atoms with van der Waals surface area (Å²) >= 11 is 3.53. The van der Waals surface area contributed by atoms with Crippen molar-refractivity contribution in [3.05, 3.63) is 34.6 Å². The van der Waals surface area contributed by atoms with Gasteiger partial charge in [0.25, 0.3) is 0 Å². The number of aromatic amines is 1. The number of aryl methyl sites for hydroxylation is 1. The van der Waals surface area contributed by atoms with Crippen molar-refractivity contribution >= 4 is 15.9 Å². The third-order valence-corrected chi connectivity index (χ3v) is 3.21. The van der Waals surface area contributed by atoms with E-state index < -0.39 is 0 Å². The fourth-order valence-corrected chi connectivity index (χ4v) is 2.37. The first-order chi connectivity index (χ1) is 8.24. The summed E-state index contributed by atoms with van der Waals surface area (Å²) in [5.41, 5.74) is 1.08. The van der Waals surface area contributed by atoms with Crippen LogP contribution in [0.1, 0.15) is 30.9 Å². The Labute approximate surface area is 109 Å². The number of rotatable bonds is 5. The summed E-state index contributed by atoms with van der Waals surface area (Å²) in [7, 11) is 1.93. The average Bonchev–Trinajstić information content (AvgIpc) is 2.93. The number of H-pyrrole nitrogens is 1. The minimum absolute atomic E-state index is 0.0341. The lowest BCUT2D eigenvalue weighted by Crippen LogP contribution is -2.26.